The molecule has 1 aromatic rings. The zero-order valence-corrected chi connectivity index (χ0v) is 10.5. The van der Waals surface area contributed by atoms with Gasteiger partial charge in [0.25, 0.3) is 0 Å². The van der Waals surface area contributed by atoms with E-state index in [1.165, 1.54) is 0 Å². The highest BCUT2D eigenvalue weighted by molar-refractivity contribution is 6.46. The average molecular weight is 247 g/mol. The van der Waals surface area contributed by atoms with Crippen LogP contribution < -0.4 is 0 Å². The molecule has 0 N–H and O–H groups in total. The monoisotopic (exact) mass is 247 g/mol. The fraction of sp³-hybridized carbons (Fsp3) is 0.429. The van der Waals surface area contributed by atoms with Gasteiger partial charge in [-0.3, -0.25) is 4.79 Å². The van der Waals surface area contributed by atoms with Crippen LogP contribution in [0, 0.1) is 0 Å². The number of carbonyl (C=O) groups excluding carboxylic acids is 1. The highest BCUT2D eigenvalue weighted by Crippen LogP contribution is 2.15. The Morgan fingerprint density at radius 2 is 2.22 bits per heavy atom. The number of oxime groups is 1. The predicted molar refractivity (Wildman–Crippen MR) is 68.6 cm³/mol. The fourth-order valence-electron chi connectivity index (χ4n) is 1.69. The van der Waals surface area contributed by atoms with Crippen molar-refractivity contribution in [1.29, 1.82) is 0 Å². The molecule has 0 saturated carbocycles. The number of benzene rings is 1. The minimum Gasteiger partial charge on any atom is -0.363 e. The van der Waals surface area contributed by atoms with E-state index in [-0.39, 0.29) is 5.78 Å². The number of unbranched alkanes of at least 4 members (excludes halogenated alkanes) is 1. The van der Waals surface area contributed by atoms with Crippen molar-refractivity contribution in [3.8, 4) is 0 Å². The molecule has 1 aliphatic heterocycles. The number of nitrogens with zero attached hydrogens (tertiary/aromatic N) is 1. The Bertz CT molecular complexity index is 428. The minimum atomic E-state index is -0.404. The van der Waals surface area contributed by atoms with Gasteiger partial charge in [0.2, 0.25) is 12.1 Å². The standard InChI is InChI=1S/C14H17NO3/c1-2-3-9-17-13-10-12(15-18-13)14(16)11-7-5-4-6-8-11/h4-8,13H,2-3,9-10H2,1H3. The smallest absolute Gasteiger partial charge is 0.232 e. The van der Waals surface area contributed by atoms with Crippen molar-refractivity contribution < 1.29 is 14.4 Å². The molecule has 1 heterocycles. The van der Waals surface area contributed by atoms with Gasteiger partial charge in [-0.2, -0.15) is 0 Å². The molecule has 0 bridgehead atoms. The summed E-state index contributed by atoms with van der Waals surface area (Å²) in [5.41, 5.74) is 1.07. The Morgan fingerprint density at radius 1 is 1.44 bits per heavy atom. The number of hydrogen-bond acceptors (Lipinski definition) is 4. The van der Waals surface area contributed by atoms with Crippen molar-refractivity contribution in [2.24, 2.45) is 5.16 Å². The lowest BCUT2D eigenvalue weighted by Crippen LogP contribution is -2.18. The maximum atomic E-state index is 12.1. The highest BCUT2D eigenvalue weighted by Gasteiger charge is 2.26. The van der Waals surface area contributed by atoms with E-state index < -0.39 is 6.29 Å². The van der Waals surface area contributed by atoms with E-state index in [4.69, 9.17) is 9.57 Å². The maximum Gasteiger partial charge on any atom is 0.232 e. The molecule has 96 valence electrons. The van der Waals surface area contributed by atoms with Gasteiger partial charge in [0.05, 0.1) is 13.0 Å². The van der Waals surface area contributed by atoms with Crippen LogP contribution in [0.25, 0.3) is 0 Å². The van der Waals surface area contributed by atoms with Gasteiger partial charge in [-0.05, 0) is 6.42 Å². The first-order valence-electron chi connectivity index (χ1n) is 6.25. The molecule has 1 unspecified atom stereocenters. The number of rotatable bonds is 6. The van der Waals surface area contributed by atoms with E-state index in [1.54, 1.807) is 12.1 Å². The predicted octanol–water partition coefficient (Wildman–Crippen LogP) is 2.79. The van der Waals surface area contributed by atoms with Crippen LogP contribution in [0.5, 0.6) is 0 Å². The first kappa shape index (κ1) is 12.8. The first-order valence-corrected chi connectivity index (χ1v) is 6.25. The van der Waals surface area contributed by atoms with Crippen LogP contribution in [0.15, 0.2) is 35.5 Å². The average Bonchev–Trinajstić information content (AvgIpc) is 2.88. The molecule has 0 spiro atoms. The van der Waals surface area contributed by atoms with Crippen molar-refractivity contribution in [1.82, 2.24) is 0 Å². The van der Waals surface area contributed by atoms with Crippen molar-refractivity contribution in [2.45, 2.75) is 32.5 Å². The third-order valence-corrected chi connectivity index (χ3v) is 2.74. The van der Waals surface area contributed by atoms with Crippen LogP contribution in [-0.4, -0.2) is 24.4 Å². The Balaban J connectivity index is 1.87. The molecule has 0 aromatic heterocycles. The molecule has 1 aromatic carbocycles. The summed E-state index contributed by atoms with van der Waals surface area (Å²) < 4.78 is 5.47. The van der Waals surface area contributed by atoms with Crippen LogP contribution in [0.4, 0.5) is 0 Å². The van der Waals surface area contributed by atoms with Gasteiger partial charge in [0, 0.05) is 5.56 Å². The van der Waals surface area contributed by atoms with Crippen molar-refractivity contribution >= 4 is 11.5 Å². The molecule has 4 nitrogen and oxygen atoms in total. The van der Waals surface area contributed by atoms with Gasteiger partial charge >= 0.3 is 0 Å². The Morgan fingerprint density at radius 3 is 2.94 bits per heavy atom. The molecule has 1 aliphatic rings. The van der Waals surface area contributed by atoms with Crippen LogP contribution in [0.2, 0.25) is 0 Å². The highest BCUT2D eigenvalue weighted by atomic mass is 16.8. The van der Waals surface area contributed by atoms with Crippen LogP contribution in [0.3, 0.4) is 0 Å². The van der Waals surface area contributed by atoms with Crippen LogP contribution in [0.1, 0.15) is 36.5 Å². The Kier molecular flexibility index (Phi) is 4.47. The van der Waals surface area contributed by atoms with E-state index in [2.05, 4.69) is 12.1 Å². The summed E-state index contributed by atoms with van der Waals surface area (Å²) in [7, 11) is 0. The molecular weight excluding hydrogens is 230 g/mol. The number of hydrogen-bond donors (Lipinski definition) is 0. The number of Topliss-reactive ketones (excluding diaryl/α,β-unsaturated/α-hetero) is 1. The summed E-state index contributed by atoms with van der Waals surface area (Å²) in [6, 6.07) is 9.09. The van der Waals surface area contributed by atoms with Crippen LogP contribution >= 0.6 is 0 Å². The molecule has 2 rings (SSSR count). The Labute approximate surface area is 107 Å². The number of ketones is 1. The second-order valence-electron chi connectivity index (χ2n) is 4.20. The lowest BCUT2D eigenvalue weighted by Gasteiger charge is -2.08. The molecule has 0 aliphatic carbocycles. The lowest BCUT2D eigenvalue weighted by molar-refractivity contribution is -0.124. The fourth-order valence-corrected chi connectivity index (χ4v) is 1.69. The summed E-state index contributed by atoms with van der Waals surface area (Å²) in [5, 5.41) is 3.81. The van der Waals surface area contributed by atoms with E-state index in [9.17, 15) is 4.79 Å². The van der Waals surface area contributed by atoms with E-state index in [1.807, 2.05) is 18.2 Å². The molecular formula is C14H17NO3. The van der Waals surface area contributed by atoms with Gasteiger partial charge in [0.1, 0.15) is 5.71 Å². The normalized spacial score (nSPS) is 18.3. The summed E-state index contributed by atoms with van der Waals surface area (Å²) >= 11 is 0. The zero-order chi connectivity index (χ0) is 12.8. The van der Waals surface area contributed by atoms with Crippen molar-refractivity contribution in [3.63, 3.8) is 0 Å². The third kappa shape index (κ3) is 3.17. The number of ether oxygens (including phenoxy) is 1. The second kappa shape index (κ2) is 6.31. The Hall–Kier alpha value is -1.68. The molecule has 0 radical (unpaired) electrons. The second-order valence-corrected chi connectivity index (χ2v) is 4.20. The number of carbonyl (C=O) groups is 1. The van der Waals surface area contributed by atoms with Crippen LogP contribution in [-0.2, 0) is 9.57 Å². The molecule has 0 amide bonds. The van der Waals surface area contributed by atoms with Crippen molar-refractivity contribution in [2.75, 3.05) is 6.61 Å². The summed E-state index contributed by atoms with van der Waals surface area (Å²) in [4.78, 5) is 17.2. The van der Waals surface area contributed by atoms with E-state index in [0.29, 0.717) is 24.3 Å². The summed E-state index contributed by atoms with van der Waals surface area (Å²) in [5.74, 6) is -0.0859. The molecule has 0 fully saturated rings. The molecule has 4 heteroatoms. The first-order chi connectivity index (χ1) is 8.81. The van der Waals surface area contributed by atoms with Crippen molar-refractivity contribution in [3.05, 3.63) is 35.9 Å². The van der Waals surface area contributed by atoms with E-state index in [0.717, 1.165) is 12.8 Å². The van der Waals surface area contributed by atoms with Gasteiger partial charge < -0.3 is 9.57 Å². The lowest BCUT2D eigenvalue weighted by atomic mass is 10.1. The maximum absolute atomic E-state index is 12.1. The molecule has 1 atom stereocenters. The quantitative estimate of drug-likeness (QED) is 0.573. The minimum absolute atomic E-state index is 0.0859. The van der Waals surface area contributed by atoms with E-state index >= 15 is 0 Å². The van der Waals surface area contributed by atoms with Gasteiger partial charge in [-0.15, -0.1) is 0 Å². The topological polar surface area (TPSA) is 47.9 Å². The van der Waals surface area contributed by atoms with Gasteiger partial charge in [0.15, 0.2) is 0 Å². The molecule has 18 heavy (non-hydrogen) atoms. The largest absolute Gasteiger partial charge is 0.363 e. The SMILES string of the molecule is CCCCOC1CC(C(=O)c2ccccc2)=NO1. The van der Waals surface area contributed by atoms with Gasteiger partial charge in [-0.1, -0.05) is 48.8 Å². The summed E-state index contributed by atoms with van der Waals surface area (Å²) in [6.07, 6.45) is 2.09. The summed E-state index contributed by atoms with van der Waals surface area (Å²) in [6.45, 7) is 2.74. The van der Waals surface area contributed by atoms with Gasteiger partial charge in [-0.25, -0.2) is 0 Å². The third-order valence-electron chi connectivity index (χ3n) is 2.74. The zero-order valence-electron chi connectivity index (χ0n) is 10.5. The molecule has 0 saturated heterocycles.